The minimum absolute atomic E-state index is 0.191. The highest BCUT2D eigenvalue weighted by atomic mass is 79.9. The van der Waals surface area contributed by atoms with Crippen LogP contribution in [-0.4, -0.2) is 15.5 Å². The van der Waals surface area contributed by atoms with E-state index in [9.17, 15) is 4.79 Å². The molecule has 0 spiro atoms. The van der Waals surface area contributed by atoms with Gasteiger partial charge >= 0.3 is 0 Å². The fourth-order valence-electron chi connectivity index (χ4n) is 2.92. The van der Waals surface area contributed by atoms with E-state index in [4.69, 9.17) is 16.6 Å². The van der Waals surface area contributed by atoms with Crippen molar-refractivity contribution in [3.63, 3.8) is 0 Å². The summed E-state index contributed by atoms with van der Waals surface area (Å²) in [4.78, 5) is 17.4. The number of carbonyl (C=O) groups is 1. The predicted octanol–water partition coefficient (Wildman–Crippen LogP) is 5.52. The van der Waals surface area contributed by atoms with E-state index in [1.54, 1.807) is 18.2 Å². The van der Waals surface area contributed by atoms with Crippen LogP contribution in [0.3, 0.4) is 0 Å². The largest absolute Gasteiger partial charge is 0.342 e. The molecule has 130 valence electrons. The maximum Gasteiger partial charge on any atom is 0.253 e. The van der Waals surface area contributed by atoms with Crippen LogP contribution < -0.4 is 5.32 Å². The van der Waals surface area contributed by atoms with Crippen molar-refractivity contribution in [2.75, 3.05) is 0 Å². The smallest absolute Gasteiger partial charge is 0.253 e. The Labute approximate surface area is 160 Å². The molecule has 0 bridgehead atoms. The monoisotopic (exact) mass is 419 g/mol. The van der Waals surface area contributed by atoms with Crippen molar-refractivity contribution in [1.82, 2.24) is 14.9 Å². The Bertz CT molecular complexity index is 936. The van der Waals surface area contributed by atoms with Gasteiger partial charge in [0.05, 0.1) is 22.6 Å². The number of hydrogen-bond acceptors (Lipinski definition) is 2. The van der Waals surface area contributed by atoms with Crippen molar-refractivity contribution >= 4 is 44.5 Å². The number of halogens is 2. The Morgan fingerprint density at radius 1 is 1.20 bits per heavy atom. The summed E-state index contributed by atoms with van der Waals surface area (Å²) in [6, 6.07) is 13.2. The third-order valence-corrected chi connectivity index (χ3v) is 4.97. The second-order valence-electron chi connectivity index (χ2n) is 6.24. The molecule has 0 aliphatic rings. The standard InChI is InChI=1S/C19H19BrClN3O/c1-11(2)24-17-7-5-4-6-16(17)23-18(24)12(3)22-19(25)14-10-13(21)8-9-15(14)20/h4-12H,1-3H3,(H,22,25)/t12-/m1/s1. The second kappa shape index (κ2) is 7.18. The zero-order valence-corrected chi connectivity index (χ0v) is 16.6. The predicted molar refractivity (Wildman–Crippen MR) is 105 cm³/mol. The van der Waals surface area contributed by atoms with E-state index >= 15 is 0 Å². The van der Waals surface area contributed by atoms with Crippen molar-refractivity contribution in [2.45, 2.75) is 32.9 Å². The van der Waals surface area contributed by atoms with Crippen LogP contribution in [0.4, 0.5) is 0 Å². The van der Waals surface area contributed by atoms with E-state index in [1.807, 2.05) is 31.2 Å². The topological polar surface area (TPSA) is 46.9 Å². The molecule has 25 heavy (non-hydrogen) atoms. The van der Waals surface area contributed by atoms with Gasteiger partial charge in [0.1, 0.15) is 5.82 Å². The first-order valence-electron chi connectivity index (χ1n) is 8.11. The van der Waals surface area contributed by atoms with Crippen LogP contribution in [0.15, 0.2) is 46.9 Å². The minimum atomic E-state index is -0.242. The van der Waals surface area contributed by atoms with Gasteiger partial charge in [-0.25, -0.2) is 4.98 Å². The van der Waals surface area contributed by atoms with Crippen LogP contribution in [0, 0.1) is 0 Å². The molecule has 4 nitrogen and oxygen atoms in total. The molecule has 0 aliphatic heterocycles. The third kappa shape index (κ3) is 3.58. The number of fused-ring (bicyclic) bond motifs is 1. The van der Waals surface area contributed by atoms with Gasteiger partial charge in [0.2, 0.25) is 0 Å². The van der Waals surface area contributed by atoms with E-state index in [0.717, 1.165) is 16.9 Å². The number of benzene rings is 2. The summed E-state index contributed by atoms with van der Waals surface area (Å²) >= 11 is 9.42. The summed E-state index contributed by atoms with van der Waals surface area (Å²) in [6.45, 7) is 6.16. The molecular formula is C19H19BrClN3O. The van der Waals surface area contributed by atoms with Crippen molar-refractivity contribution in [3.8, 4) is 0 Å². The number of amides is 1. The highest BCUT2D eigenvalue weighted by molar-refractivity contribution is 9.10. The van der Waals surface area contributed by atoms with Crippen LogP contribution in [0.2, 0.25) is 5.02 Å². The Morgan fingerprint density at radius 3 is 2.64 bits per heavy atom. The summed E-state index contributed by atoms with van der Waals surface area (Å²) in [5.41, 5.74) is 2.50. The maximum atomic E-state index is 12.7. The van der Waals surface area contributed by atoms with E-state index in [0.29, 0.717) is 15.1 Å². The van der Waals surface area contributed by atoms with E-state index in [2.05, 4.69) is 39.7 Å². The second-order valence-corrected chi connectivity index (χ2v) is 7.53. The zero-order valence-electron chi connectivity index (χ0n) is 14.3. The Morgan fingerprint density at radius 2 is 1.92 bits per heavy atom. The third-order valence-electron chi connectivity index (χ3n) is 4.05. The van der Waals surface area contributed by atoms with Gasteiger partial charge in [0.25, 0.3) is 5.91 Å². The molecule has 0 saturated heterocycles. The van der Waals surface area contributed by atoms with Gasteiger partial charge in [0, 0.05) is 15.5 Å². The molecule has 1 aromatic heterocycles. The number of aromatic nitrogens is 2. The Kier molecular flexibility index (Phi) is 5.16. The molecule has 0 saturated carbocycles. The fraction of sp³-hybridized carbons (Fsp3) is 0.263. The number of carbonyl (C=O) groups excluding carboxylic acids is 1. The maximum absolute atomic E-state index is 12.7. The first-order valence-corrected chi connectivity index (χ1v) is 9.28. The van der Waals surface area contributed by atoms with Gasteiger partial charge in [-0.2, -0.15) is 0 Å². The molecule has 0 unspecified atom stereocenters. The summed E-state index contributed by atoms with van der Waals surface area (Å²) < 4.78 is 2.87. The number of rotatable bonds is 4. The van der Waals surface area contributed by atoms with Gasteiger partial charge in [-0.3, -0.25) is 4.79 Å². The summed E-state index contributed by atoms with van der Waals surface area (Å²) in [5.74, 6) is 0.645. The van der Waals surface area contributed by atoms with Gasteiger partial charge in [-0.15, -0.1) is 0 Å². The average molecular weight is 421 g/mol. The van der Waals surface area contributed by atoms with Gasteiger partial charge in [0.15, 0.2) is 0 Å². The minimum Gasteiger partial charge on any atom is -0.342 e. The SMILES string of the molecule is CC(C)n1c([C@@H](C)NC(=O)c2cc(Cl)ccc2Br)nc2ccccc21. The molecule has 3 rings (SSSR count). The molecule has 0 fully saturated rings. The summed E-state index contributed by atoms with van der Waals surface area (Å²) in [6.07, 6.45) is 0. The fourth-order valence-corrected chi connectivity index (χ4v) is 3.52. The number of nitrogens with zero attached hydrogens (tertiary/aromatic N) is 2. The van der Waals surface area contributed by atoms with E-state index in [1.165, 1.54) is 0 Å². The lowest BCUT2D eigenvalue weighted by Gasteiger charge is -2.19. The summed E-state index contributed by atoms with van der Waals surface area (Å²) in [7, 11) is 0. The molecule has 1 atom stereocenters. The van der Waals surface area contributed by atoms with Crippen LogP contribution >= 0.6 is 27.5 Å². The van der Waals surface area contributed by atoms with E-state index < -0.39 is 0 Å². The highest BCUT2D eigenvalue weighted by Gasteiger charge is 2.21. The van der Waals surface area contributed by atoms with Crippen LogP contribution in [-0.2, 0) is 0 Å². The molecule has 3 aromatic rings. The lowest BCUT2D eigenvalue weighted by Crippen LogP contribution is -2.29. The quantitative estimate of drug-likeness (QED) is 0.603. The van der Waals surface area contributed by atoms with Crippen molar-refractivity contribution < 1.29 is 4.79 Å². The average Bonchev–Trinajstić information content (AvgIpc) is 2.96. The Balaban J connectivity index is 1.94. The van der Waals surface area contributed by atoms with Gasteiger partial charge < -0.3 is 9.88 Å². The number of imidazole rings is 1. The van der Waals surface area contributed by atoms with Crippen molar-refractivity contribution in [2.24, 2.45) is 0 Å². The first-order chi connectivity index (χ1) is 11.9. The highest BCUT2D eigenvalue weighted by Crippen LogP contribution is 2.26. The van der Waals surface area contributed by atoms with Gasteiger partial charge in [-0.1, -0.05) is 23.7 Å². The lowest BCUT2D eigenvalue weighted by molar-refractivity contribution is 0.0936. The molecular weight excluding hydrogens is 402 g/mol. The molecule has 0 radical (unpaired) electrons. The zero-order chi connectivity index (χ0) is 18.1. The van der Waals surface area contributed by atoms with Crippen LogP contribution in [0.5, 0.6) is 0 Å². The molecule has 6 heteroatoms. The van der Waals surface area contributed by atoms with Gasteiger partial charge in [-0.05, 0) is 67.0 Å². The molecule has 1 heterocycles. The van der Waals surface area contributed by atoms with Crippen LogP contribution in [0.1, 0.15) is 49.0 Å². The number of hydrogen-bond donors (Lipinski definition) is 1. The molecule has 2 aromatic carbocycles. The van der Waals surface area contributed by atoms with Crippen molar-refractivity contribution in [3.05, 3.63) is 63.3 Å². The summed E-state index contributed by atoms with van der Waals surface area (Å²) in [5, 5.41) is 3.55. The number of para-hydroxylation sites is 2. The Hall–Kier alpha value is -1.85. The molecule has 1 amide bonds. The molecule has 0 aliphatic carbocycles. The number of nitrogens with one attached hydrogen (secondary N) is 1. The first kappa shape index (κ1) is 18.0. The van der Waals surface area contributed by atoms with Crippen LogP contribution in [0.25, 0.3) is 11.0 Å². The lowest BCUT2D eigenvalue weighted by atomic mass is 10.2. The van der Waals surface area contributed by atoms with E-state index in [-0.39, 0.29) is 18.0 Å². The normalized spacial score (nSPS) is 12.6. The van der Waals surface area contributed by atoms with Crippen molar-refractivity contribution in [1.29, 1.82) is 0 Å². The molecule has 1 N–H and O–H groups in total.